The van der Waals surface area contributed by atoms with Crippen molar-refractivity contribution in [2.45, 2.75) is 20.0 Å². The first kappa shape index (κ1) is 14.7. The second kappa shape index (κ2) is 7.86. The molecule has 1 aromatic rings. The summed E-state index contributed by atoms with van der Waals surface area (Å²) in [5.41, 5.74) is 1.03. The van der Waals surface area contributed by atoms with Crippen molar-refractivity contribution in [3.05, 3.63) is 35.9 Å². The lowest BCUT2D eigenvalue weighted by Gasteiger charge is -2.01. The van der Waals surface area contributed by atoms with Crippen LogP contribution in [0.1, 0.15) is 18.9 Å². The van der Waals surface area contributed by atoms with Crippen LogP contribution in [0.15, 0.2) is 30.3 Å². The fraction of sp³-hybridized carbons (Fsp3) is 0.308. The molecule has 1 aliphatic heterocycles. The highest BCUT2D eigenvalue weighted by Gasteiger charge is 2.17. The third kappa shape index (κ3) is 6.21. The third-order valence-electron chi connectivity index (χ3n) is 2.11. The molecule has 1 amide bonds. The van der Waals surface area contributed by atoms with Crippen molar-refractivity contribution in [1.82, 2.24) is 5.32 Å². The molecular formula is C13H15NO5. The Bertz CT molecular complexity index is 430. The average Bonchev–Trinajstić information content (AvgIpc) is 2.81. The van der Waals surface area contributed by atoms with Gasteiger partial charge in [0.25, 0.3) is 0 Å². The maximum Gasteiger partial charge on any atom is 0.415 e. The van der Waals surface area contributed by atoms with Gasteiger partial charge in [-0.25, -0.2) is 9.59 Å². The molecule has 1 N–H and O–H groups in total. The number of benzene rings is 1. The zero-order valence-corrected chi connectivity index (χ0v) is 10.5. The Labute approximate surface area is 110 Å². The van der Waals surface area contributed by atoms with E-state index >= 15 is 0 Å². The number of cyclic esters (lactones) is 2. The van der Waals surface area contributed by atoms with E-state index in [0.717, 1.165) is 5.56 Å². The predicted molar refractivity (Wildman–Crippen MR) is 66.0 cm³/mol. The number of alkyl carbamates (subject to hydrolysis) is 1. The van der Waals surface area contributed by atoms with E-state index in [1.54, 1.807) is 6.92 Å². The van der Waals surface area contributed by atoms with Crippen LogP contribution >= 0.6 is 0 Å². The number of nitrogens with one attached hydrogen (secondary N) is 1. The zero-order chi connectivity index (χ0) is 14.1. The SMILES string of the molecule is CCC(=O)OCc1ccccc1.O=C1CNC(=O)O1. The second-order valence-corrected chi connectivity index (χ2v) is 3.61. The number of esters is 2. The summed E-state index contributed by atoms with van der Waals surface area (Å²) in [6.07, 6.45) is -0.211. The highest BCUT2D eigenvalue weighted by Crippen LogP contribution is 2.00. The molecule has 2 rings (SSSR count). The van der Waals surface area contributed by atoms with Crippen LogP contribution in [0.3, 0.4) is 0 Å². The molecule has 19 heavy (non-hydrogen) atoms. The van der Waals surface area contributed by atoms with Gasteiger partial charge in [-0.3, -0.25) is 4.79 Å². The molecule has 0 spiro atoms. The minimum Gasteiger partial charge on any atom is -0.461 e. The van der Waals surface area contributed by atoms with Crippen LogP contribution in [0, 0.1) is 0 Å². The highest BCUT2D eigenvalue weighted by molar-refractivity contribution is 5.92. The number of carbonyl (C=O) groups is 3. The topological polar surface area (TPSA) is 81.7 Å². The van der Waals surface area contributed by atoms with Gasteiger partial charge >= 0.3 is 18.0 Å². The van der Waals surface area contributed by atoms with Crippen LogP contribution < -0.4 is 5.32 Å². The fourth-order valence-electron chi connectivity index (χ4n) is 1.16. The van der Waals surface area contributed by atoms with E-state index in [1.165, 1.54) is 0 Å². The summed E-state index contributed by atoms with van der Waals surface area (Å²) >= 11 is 0. The number of hydrogen-bond acceptors (Lipinski definition) is 5. The van der Waals surface area contributed by atoms with Crippen LogP contribution in [-0.2, 0) is 25.7 Å². The maximum absolute atomic E-state index is 10.8. The van der Waals surface area contributed by atoms with Crippen molar-refractivity contribution in [3.63, 3.8) is 0 Å². The van der Waals surface area contributed by atoms with Crippen molar-refractivity contribution < 1.29 is 23.9 Å². The van der Waals surface area contributed by atoms with Crippen molar-refractivity contribution in [2.75, 3.05) is 6.54 Å². The molecule has 0 aliphatic carbocycles. The Morgan fingerprint density at radius 3 is 2.42 bits per heavy atom. The lowest BCUT2D eigenvalue weighted by molar-refractivity contribution is -0.144. The summed E-state index contributed by atoms with van der Waals surface area (Å²) in [5, 5.41) is 2.16. The Balaban J connectivity index is 0.000000218. The van der Waals surface area contributed by atoms with Gasteiger partial charge < -0.3 is 14.8 Å². The molecule has 1 saturated heterocycles. The highest BCUT2D eigenvalue weighted by atomic mass is 16.6. The lowest BCUT2D eigenvalue weighted by atomic mass is 10.2. The van der Waals surface area contributed by atoms with Crippen molar-refractivity contribution >= 4 is 18.0 Å². The predicted octanol–water partition coefficient (Wildman–Crippen LogP) is 1.39. The van der Waals surface area contributed by atoms with Crippen LogP contribution in [0.5, 0.6) is 0 Å². The lowest BCUT2D eigenvalue weighted by Crippen LogP contribution is -2.12. The molecule has 1 fully saturated rings. The van der Waals surface area contributed by atoms with Gasteiger partial charge in [-0.05, 0) is 5.56 Å². The van der Waals surface area contributed by atoms with E-state index in [2.05, 4.69) is 10.1 Å². The second-order valence-electron chi connectivity index (χ2n) is 3.61. The van der Waals surface area contributed by atoms with E-state index in [-0.39, 0.29) is 12.5 Å². The van der Waals surface area contributed by atoms with Gasteiger partial charge in [0.2, 0.25) is 0 Å². The monoisotopic (exact) mass is 265 g/mol. The van der Waals surface area contributed by atoms with Crippen molar-refractivity contribution in [3.8, 4) is 0 Å². The van der Waals surface area contributed by atoms with Crippen molar-refractivity contribution in [2.24, 2.45) is 0 Å². The van der Waals surface area contributed by atoms with Crippen molar-refractivity contribution in [1.29, 1.82) is 0 Å². The molecular weight excluding hydrogens is 250 g/mol. The first-order chi connectivity index (χ1) is 9.11. The average molecular weight is 265 g/mol. The summed E-state index contributed by atoms with van der Waals surface area (Å²) in [4.78, 5) is 30.6. The van der Waals surface area contributed by atoms with E-state index in [1.807, 2.05) is 30.3 Å². The number of carbonyl (C=O) groups excluding carboxylic acids is 3. The number of ether oxygens (including phenoxy) is 2. The summed E-state index contributed by atoms with van der Waals surface area (Å²) in [6.45, 7) is 2.18. The molecule has 0 radical (unpaired) electrons. The largest absolute Gasteiger partial charge is 0.461 e. The minimum absolute atomic E-state index is 0.0127. The maximum atomic E-state index is 10.8. The first-order valence-electron chi connectivity index (χ1n) is 5.80. The molecule has 6 nitrogen and oxygen atoms in total. The minimum atomic E-state index is -0.648. The Hall–Kier alpha value is -2.37. The molecule has 102 valence electrons. The zero-order valence-electron chi connectivity index (χ0n) is 10.5. The smallest absolute Gasteiger partial charge is 0.415 e. The van der Waals surface area contributed by atoms with E-state index < -0.39 is 12.1 Å². The van der Waals surface area contributed by atoms with Crippen LogP contribution in [0.2, 0.25) is 0 Å². The van der Waals surface area contributed by atoms with Gasteiger partial charge in [-0.1, -0.05) is 37.3 Å². The Morgan fingerprint density at radius 1 is 1.32 bits per heavy atom. The number of rotatable bonds is 3. The molecule has 0 bridgehead atoms. The molecule has 6 heteroatoms. The fourth-order valence-corrected chi connectivity index (χ4v) is 1.16. The molecule has 1 heterocycles. The van der Waals surface area contributed by atoms with E-state index in [0.29, 0.717) is 13.0 Å². The number of hydrogen-bond donors (Lipinski definition) is 1. The van der Waals surface area contributed by atoms with Gasteiger partial charge in [0.1, 0.15) is 13.2 Å². The summed E-state index contributed by atoms with van der Waals surface area (Å²) in [5.74, 6) is -0.663. The Morgan fingerprint density at radius 2 is 2.00 bits per heavy atom. The van der Waals surface area contributed by atoms with Gasteiger partial charge in [0.15, 0.2) is 0 Å². The molecule has 0 saturated carbocycles. The third-order valence-corrected chi connectivity index (χ3v) is 2.11. The summed E-state index contributed by atoms with van der Waals surface area (Å²) in [6, 6.07) is 9.65. The van der Waals surface area contributed by atoms with Gasteiger partial charge in [-0.15, -0.1) is 0 Å². The standard InChI is InChI=1S/C10H12O2.C3H3NO3/c1-2-10(11)12-8-9-6-4-3-5-7-9;5-2-1-4-3(6)7-2/h3-7H,2,8H2,1H3;1H2,(H,4,6). The van der Waals surface area contributed by atoms with E-state index in [4.69, 9.17) is 4.74 Å². The molecule has 1 aliphatic rings. The molecule has 0 aromatic heterocycles. The van der Waals surface area contributed by atoms with E-state index in [9.17, 15) is 14.4 Å². The quantitative estimate of drug-likeness (QED) is 0.659. The van der Waals surface area contributed by atoms with Crippen LogP contribution in [-0.4, -0.2) is 24.6 Å². The normalized spacial score (nSPS) is 12.9. The number of amides is 1. The van der Waals surface area contributed by atoms with Gasteiger partial charge in [0, 0.05) is 6.42 Å². The van der Waals surface area contributed by atoms with Gasteiger partial charge in [-0.2, -0.15) is 0 Å². The molecule has 1 aromatic carbocycles. The summed E-state index contributed by atoms with van der Waals surface area (Å²) < 4.78 is 8.91. The summed E-state index contributed by atoms with van der Waals surface area (Å²) in [7, 11) is 0. The molecule has 0 atom stereocenters. The molecule has 0 unspecified atom stereocenters. The van der Waals surface area contributed by atoms with Crippen LogP contribution in [0.4, 0.5) is 4.79 Å². The van der Waals surface area contributed by atoms with Crippen LogP contribution in [0.25, 0.3) is 0 Å². The van der Waals surface area contributed by atoms with Gasteiger partial charge in [0.05, 0.1) is 0 Å². The first-order valence-corrected chi connectivity index (χ1v) is 5.80. The Kier molecular flexibility index (Phi) is 6.08.